The van der Waals surface area contributed by atoms with Gasteiger partial charge in [0.15, 0.2) is 0 Å². The van der Waals surface area contributed by atoms with Crippen molar-refractivity contribution in [2.45, 2.75) is 57.1 Å². The van der Waals surface area contributed by atoms with Crippen LogP contribution in [0.1, 0.15) is 51.9 Å². The fourth-order valence-electron chi connectivity index (χ4n) is 1.85. The molecule has 106 valence electrons. The number of unbranched alkanes of at least 4 members (excludes halogenated alkanes) is 4. The van der Waals surface area contributed by atoms with Gasteiger partial charge in [-0.2, -0.15) is 0 Å². The van der Waals surface area contributed by atoms with E-state index in [1.165, 1.54) is 19.3 Å². The maximum Gasteiger partial charge on any atom is 0.215 e. The molecule has 0 radical (unpaired) electrons. The lowest BCUT2D eigenvalue weighted by atomic mass is 10.1. The van der Waals surface area contributed by atoms with Gasteiger partial charge in [-0.15, -0.1) is 13.2 Å². The summed E-state index contributed by atoms with van der Waals surface area (Å²) in [7, 11) is -3.23. The van der Waals surface area contributed by atoms with Crippen molar-refractivity contribution in [1.82, 2.24) is 4.72 Å². The molecule has 0 aromatic rings. The van der Waals surface area contributed by atoms with E-state index < -0.39 is 10.0 Å². The zero-order chi connectivity index (χ0) is 13.9. The number of nitrogens with one attached hydrogen (secondary N) is 1. The Bertz CT molecular complexity index is 323. The number of hydrogen-bond donors (Lipinski definition) is 1. The third-order valence-electron chi connectivity index (χ3n) is 2.93. The summed E-state index contributed by atoms with van der Waals surface area (Å²) >= 11 is 0. The lowest BCUT2D eigenvalue weighted by Gasteiger charge is -2.16. The van der Waals surface area contributed by atoms with Crippen molar-refractivity contribution in [3.63, 3.8) is 0 Å². The first-order valence-corrected chi connectivity index (χ1v) is 8.33. The van der Waals surface area contributed by atoms with Gasteiger partial charge in [0.25, 0.3) is 0 Å². The number of hydrogen-bond acceptors (Lipinski definition) is 2. The zero-order valence-corrected chi connectivity index (χ0v) is 12.3. The van der Waals surface area contributed by atoms with Crippen molar-refractivity contribution in [2.24, 2.45) is 0 Å². The molecule has 0 saturated carbocycles. The lowest BCUT2D eigenvalue weighted by Crippen LogP contribution is -2.34. The molecule has 0 amide bonds. The molecule has 0 heterocycles. The second kappa shape index (κ2) is 10.3. The molecule has 0 aliphatic rings. The Morgan fingerprint density at radius 2 is 1.78 bits per heavy atom. The Morgan fingerprint density at radius 1 is 1.11 bits per heavy atom. The molecule has 0 bridgehead atoms. The minimum atomic E-state index is -3.23. The molecule has 0 aromatic carbocycles. The van der Waals surface area contributed by atoms with Gasteiger partial charge in [0.05, 0.1) is 5.25 Å². The van der Waals surface area contributed by atoms with Crippen LogP contribution in [0, 0.1) is 0 Å². The highest BCUT2D eigenvalue weighted by Gasteiger charge is 2.22. The Hall–Kier alpha value is -0.610. The highest BCUT2D eigenvalue weighted by molar-refractivity contribution is 7.90. The van der Waals surface area contributed by atoms with Gasteiger partial charge in [-0.05, 0) is 12.8 Å². The van der Waals surface area contributed by atoms with Gasteiger partial charge in [0.2, 0.25) is 10.0 Å². The van der Waals surface area contributed by atoms with Crippen LogP contribution < -0.4 is 4.72 Å². The molecular formula is C14H27NO2S. The minimum Gasteiger partial charge on any atom is -0.212 e. The normalized spacial score (nSPS) is 13.2. The largest absolute Gasteiger partial charge is 0.215 e. The van der Waals surface area contributed by atoms with Gasteiger partial charge in [0.1, 0.15) is 0 Å². The van der Waals surface area contributed by atoms with Gasteiger partial charge in [-0.1, -0.05) is 51.2 Å². The van der Waals surface area contributed by atoms with Crippen LogP contribution in [0.25, 0.3) is 0 Å². The SMILES string of the molecule is C=CCNS(=O)(=O)C(CC=C)CCCCCCC. The number of rotatable bonds is 12. The summed E-state index contributed by atoms with van der Waals surface area (Å²) in [5, 5.41) is -0.350. The zero-order valence-electron chi connectivity index (χ0n) is 11.5. The molecule has 18 heavy (non-hydrogen) atoms. The van der Waals surface area contributed by atoms with Crippen LogP contribution >= 0.6 is 0 Å². The van der Waals surface area contributed by atoms with Crippen molar-refractivity contribution in [2.75, 3.05) is 6.54 Å². The van der Waals surface area contributed by atoms with E-state index in [4.69, 9.17) is 0 Å². The average Bonchev–Trinajstić information content (AvgIpc) is 2.35. The summed E-state index contributed by atoms with van der Waals surface area (Å²) in [5.41, 5.74) is 0. The predicted octanol–water partition coefficient (Wildman–Crippen LogP) is 3.40. The average molecular weight is 273 g/mol. The molecule has 0 fully saturated rings. The maximum atomic E-state index is 12.0. The Labute approximate surface area is 112 Å². The second-order valence-electron chi connectivity index (χ2n) is 4.53. The first kappa shape index (κ1) is 17.4. The molecule has 0 aromatic heterocycles. The molecule has 3 nitrogen and oxygen atoms in total. The van der Waals surface area contributed by atoms with Gasteiger partial charge in [-0.25, -0.2) is 13.1 Å². The fraction of sp³-hybridized carbons (Fsp3) is 0.714. The molecule has 4 heteroatoms. The molecular weight excluding hydrogens is 246 g/mol. The highest BCUT2D eigenvalue weighted by atomic mass is 32.2. The van der Waals surface area contributed by atoms with Crippen molar-refractivity contribution in [1.29, 1.82) is 0 Å². The van der Waals surface area contributed by atoms with Gasteiger partial charge in [0, 0.05) is 6.54 Å². The summed E-state index contributed by atoms with van der Waals surface area (Å²) in [5.74, 6) is 0. The van der Waals surface area contributed by atoms with Crippen molar-refractivity contribution in [3.05, 3.63) is 25.3 Å². The first-order valence-electron chi connectivity index (χ1n) is 6.78. The van der Waals surface area contributed by atoms with Gasteiger partial charge < -0.3 is 0 Å². The van der Waals surface area contributed by atoms with Crippen LogP contribution in [0.5, 0.6) is 0 Å². The van der Waals surface area contributed by atoms with Crippen LogP contribution in [-0.4, -0.2) is 20.2 Å². The second-order valence-corrected chi connectivity index (χ2v) is 6.58. The summed E-state index contributed by atoms with van der Waals surface area (Å²) in [4.78, 5) is 0. The van der Waals surface area contributed by atoms with E-state index in [2.05, 4.69) is 24.8 Å². The van der Waals surface area contributed by atoms with E-state index in [1.54, 1.807) is 12.2 Å². The van der Waals surface area contributed by atoms with Crippen LogP contribution in [0.3, 0.4) is 0 Å². The molecule has 0 spiro atoms. The molecule has 1 atom stereocenters. The van der Waals surface area contributed by atoms with E-state index >= 15 is 0 Å². The lowest BCUT2D eigenvalue weighted by molar-refractivity contribution is 0.542. The van der Waals surface area contributed by atoms with E-state index in [9.17, 15) is 8.42 Å². The van der Waals surface area contributed by atoms with E-state index in [1.807, 2.05) is 0 Å². The van der Waals surface area contributed by atoms with Gasteiger partial charge >= 0.3 is 0 Å². The van der Waals surface area contributed by atoms with Crippen molar-refractivity contribution < 1.29 is 8.42 Å². The molecule has 0 aliphatic heterocycles. The monoisotopic (exact) mass is 273 g/mol. The quantitative estimate of drug-likeness (QED) is 0.437. The summed E-state index contributed by atoms with van der Waals surface area (Å²) in [6.07, 6.45) is 10.2. The van der Waals surface area contributed by atoms with Gasteiger partial charge in [-0.3, -0.25) is 0 Å². The molecule has 1 N–H and O–H groups in total. The third kappa shape index (κ3) is 7.67. The molecule has 0 rings (SSSR count). The fourth-order valence-corrected chi connectivity index (χ4v) is 3.31. The number of allylic oxidation sites excluding steroid dienone is 1. The van der Waals surface area contributed by atoms with E-state index in [0.717, 1.165) is 12.8 Å². The standard InChI is InChI=1S/C14H27NO2S/c1-4-7-8-9-10-12-14(11-5-2)18(16,17)15-13-6-3/h5-6,14-15H,2-4,7-13H2,1H3. The predicted molar refractivity (Wildman–Crippen MR) is 79.1 cm³/mol. The smallest absolute Gasteiger partial charge is 0.212 e. The van der Waals surface area contributed by atoms with Crippen LogP contribution in [0.2, 0.25) is 0 Å². The van der Waals surface area contributed by atoms with E-state index in [0.29, 0.717) is 19.4 Å². The molecule has 0 saturated heterocycles. The van der Waals surface area contributed by atoms with Crippen molar-refractivity contribution >= 4 is 10.0 Å². The Morgan fingerprint density at radius 3 is 2.33 bits per heavy atom. The van der Waals surface area contributed by atoms with E-state index in [-0.39, 0.29) is 5.25 Å². The van der Waals surface area contributed by atoms with Crippen LogP contribution in [0.15, 0.2) is 25.3 Å². The van der Waals surface area contributed by atoms with Crippen molar-refractivity contribution in [3.8, 4) is 0 Å². The molecule has 0 aliphatic carbocycles. The Kier molecular flexibility index (Phi) is 9.98. The van der Waals surface area contributed by atoms with Crippen LogP contribution in [-0.2, 0) is 10.0 Å². The summed E-state index contributed by atoms with van der Waals surface area (Å²) in [6, 6.07) is 0. The topological polar surface area (TPSA) is 46.2 Å². The molecule has 1 unspecified atom stereocenters. The first-order chi connectivity index (χ1) is 8.58. The Balaban J connectivity index is 4.19. The van der Waals surface area contributed by atoms with Crippen LogP contribution in [0.4, 0.5) is 0 Å². The minimum absolute atomic E-state index is 0.297. The number of sulfonamides is 1. The highest BCUT2D eigenvalue weighted by Crippen LogP contribution is 2.15. The summed E-state index contributed by atoms with van der Waals surface area (Å²) in [6.45, 7) is 9.63. The maximum absolute atomic E-state index is 12.0. The third-order valence-corrected chi connectivity index (χ3v) is 4.80. The summed E-state index contributed by atoms with van der Waals surface area (Å²) < 4.78 is 26.5.